The van der Waals surface area contributed by atoms with Crippen molar-refractivity contribution in [3.8, 4) is 5.88 Å². The molecule has 1 N–H and O–H groups in total. The van der Waals surface area contributed by atoms with Gasteiger partial charge in [0.2, 0.25) is 11.8 Å². The van der Waals surface area contributed by atoms with E-state index >= 15 is 0 Å². The van der Waals surface area contributed by atoms with Crippen molar-refractivity contribution in [2.24, 2.45) is 0 Å². The maximum atomic E-state index is 11.9. The lowest BCUT2D eigenvalue weighted by atomic mass is 10.2. The first-order valence-corrected chi connectivity index (χ1v) is 8.34. The van der Waals surface area contributed by atoms with Gasteiger partial charge in [-0.25, -0.2) is 4.98 Å². The minimum Gasteiger partial charge on any atom is -0.481 e. The van der Waals surface area contributed by atoms with Crippen molar-refractivity contribution in [1.29, 1.82) is 0 Å². The average molecular weight is 320 g/mol. The molecule has 128 valence electrons. The number of hydrogen-bond donors (Lipinski definition) is 1. The van der Waals surface area contributed by atoms with Crippen molar-refractivity contribution in [1.82, 2.24) is 20.1 Å². The number of rotatable bonds is 7. The molecule has 1 fully saturated rings. The van der Waals surface area contributed by atoms with Gasteiger partial charge in [0, 0.05) is 50.5 Å². The van der Waals surface area contributed by atoms with E-state index in [1.54, 1.807) is 13.3 Å². The zero-order valence-corrected chi connectivity index (χ0v) is 14.4. The molecule has 6 heteroatoms. The van der Waals surface area contributed by atoms with Crippen LogP contribution in [0.25, 0.3) is 0 Å². The van der Waals surface area contributed by atoms with E-state index in [0.29, 0.717) is 12.4 Å². The van der Waals surface area contributed by atoms with Gasteiger partial charge < -0.3 is 10.1 Å². The monoisotopic (exact) mass is 320 g/mol. The van der Waals surface area contributed by atoms with Crippen LogP contribution in [0.4, 0.5) is 0 Å². The Morgan fingerprint density at radius 1 is 1.35 bits per heavy atom. The predicted molar refractivity (Wildman–Crippen MR) is 90.4 cm³/mol. The molecule has 1 atom stereocenters. The lowest BCUT2D eigenvalue weighted by Gasteiger charge is -2.34. The van der Waals surface area contributed by atoms with E-state index in [-0.39, 0.29) is 11.9 Å². The number of nitrogens with zero attached hydrogens (tertiary/aromatic N) is 3. The van der Waals surface area contributed by atoms with Crippen LogP contribution in [0.5, 0.6) is 5.88 Å². The maximum Gasteiger partial charge on any atom is 0.234 e. The molecule has 0 saturated carbocycles. The predicted octanol–water partition coefficient (Wildman–Crippen LogP) is 1.12. The van der Waals surface area contributed by atoms with Crippen LogP contribution in [-0.2, 0) is 11.3 Å². The Labute approximate surface area is 138 Å². The SMILES string of the molecule is CC[C@H](C)NC(=O)CN1CCN(Cc2cccnc2OC)CC1. The Morgan fingerprint density at radius 2 is 2.04 bits per heavy atom. The fraction of sp³-hybridized carbons (Fsp3) is 0.647. The van der Waals surface area contributed by atoms with E-state index in [1.807, 2.05) is 13.0 Å². The number of pyridine rings is 1. The summed E-state index contributed by atoms with van der Waals surface area (Å²) in [4.78, 5) is 20.8. The Balaban J connectivity index is 1.76. The molecule has 2 rings (SSSR count). The highest BCUT2D eigenvalue weighted by Crippen LogP contribution is 2.17. The maximum absolute atomic E-state index is 11.9. The molecular weight excluding hydrogens is 292 g/mol. The van der Waals surface area contributed by atoms with Gasteiger partial charge in [-0.15, -0.1) is 0 Å². The number of nitrogens with one attached hydrogen (secondary N) is 1. The molecule has 0 aromatic carbocycles. The Hall–Kier alpha value is -1.66. The zero-order chi connectivity index (χ0) is 16.7. The lowest BCUT2D eigenvalue weighted by molar-refractivity contribution is -0.123. The number of ether oxygens (including phenoxy) is 1. The number of amides is 1. The summed E-state index contributed by atoms with van der Waals surface area (Å²) in [7, 11) is 1.65. The summed E-state index contributed by atoms with van der Waals surface area (Å²) in [5.41, 5.74) is 1.11. The molecule has 1 aliphatic heterocycles. The average Bonchev–Trinajstić information content (AvgIpc) is 2.57. The molecule has 23 heavy (non-hydrogen) atoms. The number of hydrogen-bond acceptors (Lipinski definition) is 5. The smallest absolute Gasteiger partial charge is 0.234 e. The van der Waals surface area contributed by atoms with Crippen LogP contribution in [0.1, 0.15) is 25.8 Å². The van der Waals surface area contributed by atoms with Crippen LogP contribution < -0.4 is 10.1 Å². The highest BCUT2D eigenvalue weighted by Gasteiger charge is 2.20. The second kappa shape index (κ2) is 8.84. The summed E-state index contributed by atoms with van der Waals surface area (Å²) in [6.45, 7) is 9.18. The minimum atomic E-state index is 0.127. The van der Waals surface area contributed by atoms with E-state index in [0.717, 1.165) is 44.7 Å². The van der Waals surface area contributed by atoms with E-state index < -0.39 is 0 Å². The van der Waals surface area contributed by atoms with Crippen LogP contribution >= 0.6 is 0 Å². The number of carbonyl (C=O) groups excluding carboxylic acids is 1. The third kappa shape index (κ3) is 5.48. The summed E-state index contributed by atoms with van der Waals surface area (Å²) in [5, 5.41) is 3.02. The largest absolute Gasteiger partial charge is 0.481 e. The molecule has 1 aliphatic rings. The van der Waals surface area contributed by atoms with Crippen LogP contribution in [0, 0.1) is 0 Å². The van der Waals surface area contributed by atoms with Gasteiger partial charge in [0.25, 0.3) is 0 Å². The second-order valence-electron chi connectivity index (χ2n) is 6.10. The molecule has 0 bridgehead atoms. The molecule has 0 spiro atoms. The standard InChI is InChI=1S/C17H28N4O2/c1-4-14(2)19-16(22)13-21-10-8-20(9-11-21)12-15-6-5-7-18-17(15)23-3/h5-7,14H,4,8-13H2,1-3H3,(H,19,22)/t14-/m0/s1. The van der Waals surface area contributed by atoms with E-state index in [4.69, 9.17) is 4.74 Å². The van der Waals surface area contributed by atoms with Crippen molar-refractivity contribution in [3.05, 3.63) is 23.9 Å². The highest BCUT2D eigenvalue weighted by atomic mass is 16.5. The molecule has 1 aromatic heterocycles. The third-order valence-electron chi connectivity index (χ3n) is 4.29. The Morgan fingerprint density at radius 3 is 2.70 bits per heavy atom. The fourth-order valence-electron chi connectivity index (χ4n) is 2.70. The summed E-state index contributed by atoms with van der Waals surface area (Å²) in [5.74, 6) is 0.824. The van der Waals surface area contributed by atoms with Crippen molar-refractivity contribution >= 4 is 5.91 Å². The van der Waals surface area contributed by atoms with E-state index in [9.17, 15) is 4.79 Å². The molecule has 1 saturated heterocycles. The molecule has 0 radical (unpaired) electrons. The first-order chi connectivity index (χ1) is 11.1. The number of methoxy groups -OCH3 is 1. The summed E-state index contributed by atoms with van der Waals surface area (Å²) in [6.07, 6.45) is 2.71. The Bertz CT molecular complexity index is 501. The number of carbonyl (C=O) groups is 1. The fourth-order valence-corrected chi connectivity index (χ4v) is 2.70. The lowest BCUT2D eigenvalue weighted by Crippen LogP contribution is -2.49. The van der Waals surface area contributed by atoms with Crippen LogP contribution in [0.3, 0.4) is 0 Å². The Kier molecular flexibility index (Phi) is 6.80. The summed E-state index contributed by atoms with van der Waals surface area (Å²) < 4.78 is 5.31. The van der Waals surface area contributed by atoms with Gasteiger partial charge in [-0.3, -0.25) is 14.6 Å². The molecule has 0 unspecified atom stereocenters. The number of aromatic nitrogens is 1. The van der Waals surface area contributed by atoms with Crippen molar-refractivity contribution in [2.45, 2.75) is 32.9 Å². The summed E-state index contributed by atoms with van der Waals surface area (Å²) in [6, 6.07) is 4.24. The first-order valence-electron chi connectivity index (χ1n) is 8.34. The molecule has 1 amide bonds. The molecular formula is C17H28N4O2. The highest BCUT2D eigenvalue weighted by molar-refractivity contribution is 5.78. The van der Waals surface area contributed by atoms with E-state index in [1.165, 1.54) is 0 Å². The van der Waals surface area contributed by atoms with Gasteiger partial charge in [-0.05, 0) is 19.4 Å². The third-order valence-corrected chi connectivity index (χ3v) is 4.29. The van der Waals surface area contributed by atoms with Gasteiger partial charge in [0.15, 0.2) is 0 Å². The quantitative estimate of drug-likeness (QED) is 0.816. The minimum absolute atomic E-state index is 0.127. The van der Waals surface area contributed by atoms with Crippen molar-refractivity contribution in [2.75, 3.05) is 39.8 Å². The molecule has 1 aromatic rings. The van der Waals surface area contributed by atoms with Crippen LogP contribution in [0.2, 0.25) is 0 Å². The van der Waals surface area contributed by atoms with Crippen LogP contribution in [-0.4, -0.2) is 66.6 Å². The molecule has 6 nitrogen and oxygen atoms in total. The van der Waals surface area contributed by atoms with Crippen molar-refractivity contribution < 1.29 is 9.53 Å². The first kappa shape index (κ1) is 17.7. The van der Waals surface area contributed by atoms with Gasteiger partial charge in [0.05, 0.1) is 13.7 Å². The topological polar surface area (TPSA) is 57.7 Å². The van der Waals surface area contributed by atoms with Crippen molar-refractivity contribution in [3.63, 3.8) is 0 Å². The second-order valence-corrected chi connectivity index (χ2v) is 6.10. The molecule has 2 heterocycles. The number of piperazine rings is 1. The van der Waals surface area contributed by atoms with Gasteiger partial charge >= 0.3 is 0 Å². The van der Waals surface area contributed by atoms with Gasteiger partial charge in [-0.1, -0.05) is 13.0 Å². The normalized spacial score (nSPS) is 17.7. The summed E-state index contributed by atoms with van der Waals surface area (Å²) >= 11 is 0. The van der Waals surface area contributed by atoms with E-state index in [2.05, 4.69) is 33.1 Å². The van der Waals surface area contributed by atoms with Gasteiger partial charge in [0.1, 0.15) is 0 Å². The van der Waals surface area contributed by atoms with Gasteiger partial charge in [-0.2, -0.15) is 0 Å². The van der Waals surface area contributed by atoms with Crippen LogP contribution in [0.15, 0.2) is 18.3 Å². The molecule has 0 aliphatic carbocycles. The zero-order valence-electron chi connectivity index (χ0n) is 14.4.